The lowest BCUT2D eigenvalue weighted by atomic mass is 10.1. The summed E-state index contributed by atoms with van der Waals surface area (Å²) in [6, 6.07) is 9.02. The van der Waals surface area contributed by atoms with Gasteiger partial charge in [0, 0.05) is 37.7 Å². The minimum atomic E-state index is -0.680. The molecule has 0 fully saturated rings. The van der Waals surface area contributed by atoms with Crippen molar-refractivity contribution in [1.29, 1.82) is 0 Å². The summed E-state index contributed by atoms with van der Waals surface area (Å²) in [7, 11) is 4.22. The highest BCUT2D eigenvalue weighted by molar-refractivity contribution is 6.06. The molecular weight excluding hydrogens is 467 g/mol. The topological polar surface area (TPSA) is 118 Å². The van der Waals surface area contributed by atoms with Crippen molar-refractivity contribution in [3.63, 3.8) is 0 Å². The first-order chi connectivity index (χ1) is 17.2. The van der Waals surface area contributed by atoms with Gasteiger partial charge in [0.25, 0.3) is 11.8 Å². The van der Waals surface area contributed by atoms with Gasteiger partial charge in [-0.15, -0.1) is 0 Å². The predicted molar refractivity (Wildman–Crippen MR) is 132 cm³/mol. The lowest BCUT2D eigenvalue weighted by Crippen LogP contribution is -2.27. The second-order valence-electron chi connectivity index (χ2n) is 7.90. The standard InChI is InChI=1S/C25H23FN6O4/c1-14-9-16(24(34)31(3)17-6-7-19(26)18(10-17)23(33)27-2)13-32-20(12-29-22(14)32)15-5-8-21(28-11-15)30-25(35)36-4/h5-13H,1-4H3,(H,27,33)(H,28,30,35). The van der Waals surface area contributed by atoms with Crippen LogP contribution in [0.25, 0.3) is 16.9 Å². The number of imidazole rings is 1. The predicted octanol–water partition coefficient (Wildman–Crippen LogP) is 3.66. The maximum Gasteiger partial charge on any atom is 0.412 e. The quantitative estimate of drug-likeness (QED) is 0.441. The first-order valence-electron chi connectivity index (χ1n) is 10.8. The number of halogens is 1. The smallest absolute Gasteiger partial charge is 0.412 e. The summed E-state index contributed by atoms with van der Waals surface area (Å²) in [5, 5.41) is 4.87. The Labute approximate surface area is 205 Å². The van der Waals surface area contributed by atoms with Crippen LogP contribution in [-0.2, 0) is 4.74 Å². The van der Waals surface area contributed by atoms with Crippen LogP contribution in [0.1, 0.15) is 26.3 Å². The van der Waals surface area contributed by atoms with Gasteiger partial charge in [-0.3, -0.25) is 19.3 Å². The van der Waals surface area contributed by atoms with Crippen LogP contribution in [0.3, 0.4) is 0 Å². The number of hydrogen-bond donors (Lipinski definition) is 2. The normalized spacial score (nSPS) is 10.7. The van der Waals surface area contributed by atoms with Crippen molar-refractivity contribution in [2.75, 3.05) is 31.4 Å². The number of carbonyl (C=O) groups is 3. The highest BCUT2D eigenvalue weighted by Gasteiger charge is 2.20. The molecule has 0 aliphatic rings. The van der Waals surface area contributed by atoms with E-state index < -0.39 is 17.8 Å². The molecule has 0 saturated carbocycles. The maximum absolute atomic E-state index is 14.1. The van der Waals surface area contributed by atoms with Crippen molar-refractivity contribution in [1.82, 2.24) is 19.7 Å². The molecule has 0 unspecified atom stereocenters. The fraction of sp³-hybridized carbons (Fsp3) is 0.160. The van der Waals surface area contributed by atoms with E-state index in [-0.39, 0.29) is 11.5 Å². The molecule has 4 aromatic rings. The Morgan fingerprint density at radius 1 is 1.08 bits per heavy atom. The third kappa shape index (κ3) is 4.58. The van der Waals surface area contributed by atoms with Gasteiger partial charge in [-0.2, -0.15) is 0 Å². The first kappa shape index (κ1) is 24.3. The van der Waals surface area contributed by atoms with Crippen molar-refractivity contribution >= 4 is 35.1 Å². The van der Waals surface area contributed by atoms with E-state index in [0.717, 1.165) is 11.6 Å². The summed E-state index contributed by atoms with van der Waals surface area (Å²) >= 11 is 0. The lowest BCUT2D eigenvalue weighted by molar-refractivity contribution is 0.0955. The number of nitrogens with zero attached hydrogens (tertiary/aromatic N) is 4. The zero-order chi connectivity index (χ0) is 26.0. The third-order valence-electron chi connectivity index (χ3n) is 5.63. The lowest BCUT2D eigenvalue weighted by Gasteiger charge is -2.19. The Bertz CT molecular complexity index is 1480. The summed E-state index contributed by atoms with van der Waals surface area (Å²) in [6.45, 7) is 1.84. The van der Waals surface area contributed by atoms with Crippen LogP contribution in [0.5, 0.6) is 0 Å². The van der Waals surface area contributed by atoms with Crippen LogP contribution in [0, 0.1) is 12.7 Å². The largest absolute Gasteiger partial charge is 0.453 e. The summed E-state index contributed by atoms with van der Waals surface area (Å²) in [4.78, 5) is 46.8. The van der Waals surface area contributed by atoms with Crippen molar-refractivity contribution in [2.24, 2.45) is 0 Å². The highest BCUT2D eigenvalue weighted by atomic mass is 19.1. The number of amides is 3. The number of rotatable bonds is 5. The number of aromatic nitrogens is 3. The molecule has 4 rings (SSSR count). The fourth-order valence-electron chi connectivity index (χ4n) is 3.70. The second-order valence-corrected chi connectivity index (χ2v) is 7.90. The molecule has 0 spiro atoms. The molecule has 0 saturated heterocycles. The molecule has 3 heterocycles. The van der Waals surface area contributed by atoms with Crippen LogP contribution in [0.2, 0.25) is 0 Å². The van der Waals surface area contributed by atoms with Crippen molar-refractivity contribution in [2.45, 2.75) is 6.92 Å². The van der Waals surface area contributed by atoms with Gasteiger partial charge in [0.05, 0.1) is 30.1 Å². The number of nitrogens with one attached hydrogen (secondary N) is 2. The average molecular weight is 490 g/mol. The number of methoxy groups -OCH3 is 1. The summed E-state index contributed by atoms with van der Waals surface area (Å²) in [5.41, 5.74) is 3.39. The van der Waals surface area contributed by atoms with Gasteiger partial charge in [0.2, 0.25) is 0 Å². The van der Waals surface area contributed by atoms with Crippen LogP contribution in [0.4, 0.5) is 20.7 Å². The van der Waals surface area contributed by atoms with E-state index in [1.54, 1.807) is 48.2 Å². The number of fused-ring (bicyclic) bond motifs is 1. The van der Waals surface area contributed by atoms with Crippen molar-refractivity contribution < 1.29 is 23.5 Å². The number of pyridine rings is 2. The maximum atomic E-state index is 14.1. The Hall–Kier alpha value is -4.80. The molecule has 184 valence electrons. The molecule has 0 radical (unpaired) electrons. The van der Waals surface area contributed by atoms with Gasteiger partial charge in [0.1, 0.15) is 17.3 Å². The molecule has 3 aromatic heterocycles. The third-order valence-corrected chi connectivity index (χ3v) is 5.63. The number of aryl methyl sites for hydroxylation is 1. The van der Waals surface area contributed by atoms with Crippen LogP contribution < -0.4 is 15.5 Å². The van der Waals surface area contributed by atoms with E-state index in [1.807, 2.05) is 6.92 Å². The molecule has 0 bridgehead atoms. The van der Waals surface area contributed by atoms with Gasteiger partial charge in [-0.05, 0) is 48.9 Å². The average Bonchev–Trinajstić information content (AvgIpc) is 3.32. The minimum Gasteiger partial charge on any atom is -0.453 e. The fourth-order valence-corrected chi connectivity index (χ4v) is 3.70. The Morgan fingerprint density at radius 2 is 1.86 bits per heavy atom. The zero-order valence-corrected chi connectivity index (χ0v) is 20.0. The van der Waals surface area contributed by atoms with E-state index in [4.69, 9.17) is 0 Å². The van der Waals surface area contributed by atoms with Crippen LogP contribution in [0.15, 0.2) is 55.0 Å². The summed E-state index contributed by atoms with van der Waals surface area (Å²) in [5.74, 6) is -1.30. The molecule has 0 atom stereocenters. The molecule has 2 N–H and O–H groups in total. The SMILES string of the molecule is CNC(=O)c1cc(N(C)C(=O)c2cc(C)c3ncc(-c4ccc(NC(=O)OC)nc4)n3c2)ccc1F. The molecule has 10 nitrogen and oxygen atoms in total. The van der Waals surface area contributed by atoms with E-state index in [1.165, 1.54) is 31.2 Å². The van der Waals surface area contributed by atoms with E-state index in [2.05, 4.69) is 25.3 Å². The van der Waals surface area contributed by atoms with Crippen LogP contribution in [-0.4, -0.2) is 53.5 Å². The molecule has 36 heavy (non-hydrogen) atoms. The summed E-state index contributed by atoms with van der Waals surface area (Å²) in [6.07, 6.45) is 4.27. The molecular formula is C25H23FN6O4. The van der Waals surface area contributed by atoms with E-state index >= 15 is 0 Å². The van der Waals surface area contributed by atoms with Gasteiger partial charge < -0.3 is 15.0 Å². The number of anilines is 2. The minimum absolute atomic E-state index is 0.157. The van der Waals surface area contributed by atoms with Crippen molar-refractivity contribution in [3.05, 3.63) is 77.5 Å². The Kier molecular flexibility index (Phi) is 6.64. The zero-order valence-electron chi connectivity index (χ0n) is 20.0. The van der Waals surface area contributed by atoms with E-state index in [9.17, 15) is 18.8 Å². The van der Waals surface area contributed by atoms with E-state index in [0.29, 0.717) is 34.0 Å². The van der Waals surface area contributed by atoms with Crippen LogP contribution >= 0.6 is 0 Å². The molecule has 3 amide bonds. The van der Waals surface area contributed by atoms with Gasteiger partial charge >= 0.3 is 6.09 Å². The van der Waals surface area contributed by atoms with Gasteiger partial charge in [-0.1, -0.05) is 0 Å². The Balaban J connectivity index is 1.68. The monoisotopic (exact) mass is 490 g/mol. The highest BCUT2D eigenvalue weighted by Crippen LogP contribution is 2.25. The second kappa shape index (κ2) is 9.82. The number of ether oxygens (including phenoxy) is 1. The molecule has 0 aliphatic carbocycles. The van der Waals surface area contributed by atoms with Gasteiger partial charge in [-0.25, -0.2) is 19.2 Å². The number of benzene rings is 1. The molecule has 0 aliphatic heterocycles. The first-order valence-corrected chi connectivity index (χ1v) is 10.8. The van der Waals surface area contributed by atoms with Crippen molar-refractivity contribution in [3.8, 4) is 11.3 Å². The number of hydrogen-bond acceptors (Lipinski definition) is 6. The Morgan fingerprint density at radius 3 is 2.53 bits per heavy atom. The molecule has 1 aromatic carbocycles. The molecule has 11 heteroatoms. The number of carbonyl (C=O) groups excluding carboxylic acids is 3. The van der Waals surface area contributed by atoms with Gasteiger partial charge in [0.15, 0.2) is 0 Å². The summed E-state index contributed by atoms with van der Waals surface area (Å²) < 4.78 is 20.4.